The van der Waals surface area contributed by atoms with E-state index in [2.05, 4.69) is 11.8 Å². The summed E-state index contributed by atoms with van der Waals surface area (Å²) < 4.78 is 23.5. The van der Waals surface area contributed by atoms with Crippen molar-refractivity contribution in [2.75, 3.05) is 24.6 Å². The molecule has 106 valence electrons. The molecule has 2 fully saturated rings. The van der Waals surface area contributed by atoms with Gasteiger partial charge in [0.15, 0.2) is 9.84 Å². The lowest BCUT2D eigenvalue weighted by molar-refractivity contribution is 0.0732. The van der Waals surface area contributed by atoms with Crippen LogP contribution in [0.1, 0.15) is 39.0 Å². The highest BCUT2D eigenvalue weighted by Crippen LogP contribution is 2.29. The van der Waals surface area contributed by atoms with Crippen LogP contribution in [0.2, 0.25) is 0 Å². The van der Waals surface area contributed by atoms with Gasteiger partial charge in [-0.1, -0.05) is 13.3 Å². The molecule has 3 atom stereocenters. The van der Waals surface area contributed by atoms with Crippen molar-refractivity contribution in [3.63, 3.8) is 0 Å². The van der Waals surface area contributed by atoms with E-state index in [1.165, 1.54) is 12.8 Å². The minimum atomic E-state index is -2.81. The number of piperidine rings is 1. The maximum atomic E-state index is 11.8. The summed E-state index contributed by atoms with van der Waals surface area (Å²) in [6.07, 6.45) is 5.39. The van der Waals surface area contributed by atoms with Crippen molar-refractivity contribution >= 4 is 9.84 Å². The van der Waals surface area contributed by atoms with Gasteiger partial charge in [-0.05, 0) is 38.1 Å². The third-order valence-corrected chi connectivity index (χ3v) is 6.43. The molecule has 2 aliphatic rings. The summed E-state index contributed by atoms with van der Waals surface area (Å²) >= 11 is 0. The highest BCUT2D eigenvalue weighted by molar-refractivity contribution is 7.91. The van der Waals surface area contributed by atoms with Gasteiger partial charge < -0.3 is 5.73 Å². The minimum Gasteiger partial charge on any atom is -0.329 e. The summed E-state index contributed by atoms with van der Waals surface area (Å²) in [5.74, 6) is 1.50. The van der Waals surface area contributed by atoms with Gasteiger partial charge in [-0.15, -0.1) is 0 Å². The average Bonchev–Trinajstić information content (AvgIpc) is 2.36. The molecule has 3 unspecified atom stereocenters. The van der Waals surface area contributed by atoms with Crippen molar-refractivity contribution in [3.05, 3.63) is 0 Å². The van der Waals surface area contributed by atoms with Crippen LogP contribution in [0.5, 0.6) is 0 Å². The van der Waals surface area contributed by atoms with Crippen LogP contribution in [-0.4, -0.2) is 50.0 Å². The number of nitrogens with zero attached hydrogens (tertiary/aromatic N) is 1. The molecule has 0 spiro atoms. The van der Waals surface area contributed by atoms with Crippen LogP contribution in [0, 0.1) is 5.92 Å². The molecule has 0 aromatic heterocycles. The molecule has 2 rings (SSSR count). The molecule has 0 saturated carbocycles. The third-order valence-electron chi connectivity index (χ3n) is 4.63. The van der Waals surface area contributed by atoms with Crippen LogP contribution in [0.3, 0.4) is 0 Å². The Balaban J connectivity index is 2.03. The van der Waals surface area contributed by atoms with E-state index in [-0.39, 0.29) is 6.04 Å². The monoisotopic (exact) mass is 274 g/mol. The van der Waals surface area contributed by atoms with Crippen molar-refractivity contribution in [3.8, 4) is 0 Å². The summed E-state index contributed by atoms with van der Waals surface area (Å²) in [4.78, 5) is 2.39. The summed E-state index contributed by atoms with van der Waals surface area (Å²) in [7, 11) is -2.81. The molecule has 0 radical (unpaired) electrons. The van der Waals surface area contributed by atoms with Crippen LogP contribution >= 0.6 is 0 Å². The first-order valence-electron chi connectivity index (χ1n) is 7.22. The van der Waals surface area contributed by atoms with Gasteiger partial charge in [0.25, 0.3) is 0 Å². The minimum absolute atomic E-state index is 0.218. The van der Waals surface area contributed by atoms with E-state index in [9.17, 15) is 8.42 Å². The van der Waals surface area contributed by atoms with Gasteiger partial charge >= 0.3 is 0 Å². The number of rotatable bonds is 3. The molecule has 0 bridgehead atoms. The van der Waals surface area contributed by atoms with Crippen molar-refractivity contribution in [2.45, 2.75) is 51.1 Å². The van der Waals surface area contributed by atoms with Gasteiger partial charge in [-0.3, -0.25) is 4.90 Å². The molecule has 2 saturated heterocycles. The summed E-state index contributed by atoms with van der Waals surface area (Å²) in [5, 5.41) is 0. The number of likely N-dealkylation sites (tertiary alicyclic amines) is 1. The highest BCUT2D eigenvalue weighted by atomic mass is 32.2. The molecule has 0 aromatic rings. The molecule has 0 amide bonds. The van der Waals surface area contributed by atoms with E-state index >= 15 is 0 Å². The van der Waals surface area contributed by atoms with E-state index in [1.54, 1.807) is 0 Å². The first kappa shape index (κ1) is 14.3. The van der Waals surface area contributed by atoms with Gasteiger partial charge in [0.05, 0.1) is 11.5 Å². The smallest absolute Gasteiger partial charge is 0.151 e. The second kappa shape index (κ2) is 5.88. The fourth-order valence-corrected chi connectivity index (χ4v) is 5.21. The quantitative estimate of drug-likeness (QED) is 0.834. The van der Waals surface area contributed by atoms with Crippen LogP contribution in [0.25, 0.3) is 0 Å². The SMILES string of the molecule is CCC1CCN(C2CCCS(=O)(=O)C2)C(CN)C1. The Morgan fingerprint density at radius 2 is 2.11 bits per heavy atom. The average molecular weight is 274 g/mol. The molecule has 4 nitrogen and oxygen atoms in total. The normalized spacial score (nSPS) is 37.6. The van der Waals surface area contributed by atoms with E-state index in [0.717, 1.165) is 31.7 Å². The summed E-state index contributed by atoms with van der Waals surface area (Å²) in [6.45, 7) is 3.92. The molecular weight excluding hydrogens is 248 g/mol. The molecule has 18 heavy (non-hydrogen) atoms. The Kier molecular flexibility index (Phi) is 4.67. The van der Waals surface area contributed by atoms with E-state index in [1.807, 2.05) is 0 Å². The molecule has 0 aliphatic carbocycles. The Morgan fingerprint density at radius 1 is 1.33 bits per heavy atom. The zero-order valence-electron chi connectivity index (χ0n) is 11.3. The number of sulfone groups is 1. The second-order valence-corrected chi connectivity index (χ2v) is 8.07. The van der Waals surface area contributed by atoms with Crippen molar-refractivity contribution in [2.24, 2.45) is 11.7 Å². The Bertz CT molecular complexity index is 369. The fraction of sp³-hybridized carbons (Fsp3) is 1.00. The summed E-state index contributed by atoms with van der Waals surface area (Å²) in [5.41, 5.74) is 5.89. The van der Waals surface area contributed by atoms with Crippen LogP contribution in [-0.2, 0) is 9.84 Å². The van der Waals surface area contributed by atoms with Crippen LogP contribution < -0.4 is 5.73 Å². The lowest BCUT2D eigenvalue weighted by Gasteiger charge is -2.44. The van der Waals surface area contributed by atoms with Crippen molar-refractivity contribution in [1.82, 2.24) is 4.90 Å². The van der Waals surface area contributed by atoms with Crippen LogP contribution in [0.15, 0.2) is 0 Å². The van der Waals surface area contributed by atoms with Gasteiger partial charge in [0, 0.05) is 18.6 Å². The predicted octanol–water partition coefficient (Wildman–Crippen LogP) is 1.01. The predicted molar refractivity (Wildman–Crippen MR) is 74.2 cm³/mol. The first-order valence-corrected chi connectivity index (χ1v) is 9.04. The standard InChI is InChI=1S/C13H26N2O2S/c1-2-11-5-6-15(13(8-11)9-14)12-4-3-7-18(16,17)10-12/h11-13H,2-10,14H2,1H3. The largest absolute Gasteiger partial charge is 0.329 e. The zero-order chi connectivity index (χ0) is 13.2. The topological polar surface area (TPSA) is 63.4 Å². The first-order chi connectivity index (χ1) is 8.55. The molecular formula is C13H26N2O2S. The van der Waals surface area contributed by atoms with Crippen LogP contribution in [0.4, 0.5) is 0 Å². The van der Waals surface area contributed by atoms with E-state index < -0.39 is 9.84 Å². The van der Waals surface area contributed by atoms with Gasteiger partial charge in [0.1, 0.15) is 0 Å². The molecule has 2 heterocycles. The van der Waals surface area contributed by atoms with Gasteiger partial charge in [-0.25, -0.2) is 8.42 Å². The van der Waals surface area contributed by atoms with Gasteiger partial charge in [-0.2, -0.15) is 0 Å². The van der Waals surface area contributed by atoms with Crippen molar-refractivity contribution in [1.29, 1.82) is 0 Å². The lowest BCUT2D eigenvalue weighted by Crippen LogP contribution is -2.54. The van der Waals surface area contributed by atoms with E-state index in [0.29, 0.717) is 24.1 Å². The Hall–Kier alpha value is -0.130. The van der Waals surface area contributed by atoms with Crippen molar-refractivity contribution < 1.29 is 8.42 Å². The Labute approximate surface area is 111 Å². The molecule has 5 heteroatoms. The lowest BCUT2D eigenvalue weighted by atomic mass is 9.87. The highest BCUT2D eigenvalue weighted by Gasteiger charge is 2.35. The number of nitrogens with two attached hydrogens (primary N) is 1. The number of hydrogen-bond donors (Lipinski definition) is 1. The maximum Gasteiger partial charge on any atom is 0.151 e. The van der Waals surface area contributed by atoms with Gasteiger partial charge in [0.2, 0.25) is 0 Å². The third kappa shape index (κ3) is 3.25. The zero-order valence-corrected chi connectivity index (χ0v) is 12.2. The van der Waals surface area contributed by atoms with E-state index in [4.69, 9.17) is 5.73 Å². The second-order valence-electron chi connectivity index (χ2n) is 5.84. The molecule has 0 aromatic carbocycles. The molecule has 2 aliphatic heterocycles. The fourth-order valence-electron chi connectivity index (χ4n) is 3.50. The molecule has 2 N–H and O–H groups in total. The Morgan fingerprint density at radius 3 is 2.72 bits per heavy atom. The number of hydrogen-bond acceptors (Lipinski definition) is 4. The maximum absolute atomic E-state index is 11.8. The summed E-state index contributed by atoms with van der Waals surface area (Å²) in [6, 6.07) is 0.608.